The molecule has 0 fully saturated rings. The first-order valence-electron chi connectivity index (χ1n) is 8.60. The monoisotopic (exact) mass is 490 g/mol. The van der Waals surface area contributed by atoms with Crippen molar-refractivity contribution in [3.05, 3.63) is 47.9 Å². The molecular weight excluding hydrogens is 462 g/mol. The largest absolute Gasteiger partial charge is 0.489 e. The van der Waals surface area contributed by atoms with Gasteiger partial charge in [0.05, 0.1) is 19.3 Å². The lowest BCUT2D eigenvalue weighted by atomic mass is 9.94. The Balaban J connectivity index is 0.00000364. The number of aliphatic imine (C=N–C) groups is 1. The van der Waals surface area contributed by atoms with Gasteiger partial charge in [-0.05, 0) is 19.1 Å². The van der Waals surface area contributed by atoms with E-state index < -0.39 is 0 Å². The minimum atomic E-state index is -0.319. The quantitative estimate of drug-likeness (QED) is 0.366. The van der Waals surface area contributed by atoms with Gasteiger partial charge in [-0.15, -0.1) is 24.0 Å². The number of guanidine groups is 1. The molecule has 0 spiro atoms. The fraction of sp³-hybridized carbons (Fsp3) is 0.474. The van der Waals surface area contributed by atoms with E-state index in [1.54, 1.807) is 25.4 Å². The smallest absolute Gasteiger partial charge is 0.213 e. The first-order valence-corrected chi connectivity index (χ1v) is 8.60. The topological polar surface area (TPSA) is 71.7 Å². The molecule has 2 N–H and O–H groups in total. The van der Waals surface area contributed by atoms with Gasteiger partial charge in [0.15, 0.2) is 5.96 Å². The minimum absolute atomic E-state index is 0. The first-order chi connectivity index (χ1) is 12.3. The fourth-order valence-electron chi connectivity index (χ4n) is 2.17. The van der Waals surface area contributed by atoms with Gasteiger partial charge in [-0.1, -0.05) is 26.8 Å². The van der Waals surface area contributed by atoms with Crippen LogP contribution in [0.15, 0.2) is 39.9 Å². The van der Waals surface area contributed by atoms with Crippen LogP contribution in [-0.4, -0.2) is 30.6 Å². The van der Waals surface area contributed by atoms with Crippen LogP contribution in [0.2, 0.25) is 0 Å². The SMILES string of the molecule is CN=C(NCc1ncc(C(C)(C)C)o1)NCC(C)Oc1cccc(F)c1.I. The molecule has 2 rings (SSSR count). The zero-order valence-electron chi connectivity index (χ0n) is 16.4. The number of hydrogen-bond donors (Lipinski definition) is 2. The molecule has 0 radical (unpaired) electrons. The lowest BCUT2D eigenvalue weighted by Gasteiger charge is -2.17. The number of benzene rings is 1. The van der Waals surface area contributed by atoms with Crippen molar-refractivity contribution in [3.63, 3.8) is 0 Å². The second-order valence-corrected chi connectivity index (χ2v) is 7.06. The summed E-state index contributed by atoms with van der Waals surface area (Å²) in [6.45, 7) is 9.06. The second kappa shape index (κ2) is 10.5. The van der Waals surface area contributed by atoms with E-state index in [4.69, 9.17) is 9.15 Å². The van der Waals surface area contributed by atoms with Crippen LogP contribution < -0.4 is 15.4 Å². The highest BCUT2D eigenvalue weighted by Crippen LogP contribution is 2.22. The van der Waals surface area contributed by atoms with Crippen LogP contribution in [0.4, 0.5) is 4.39 Å². The van der Waals surface area contributed by atoms with E-state index in [2.05, 4.69) is 41.4 Å². The Morgan fingerprint density at radius 2 is 2.07 bits per heavy atom. The third-order valence-corrected chi connectivity index (χ3v) is 3.61. The van der Waals surface area contributed by atoms with Crippen LogP contribution >= 0.6 is 24.0 Å². The highest BCUT2D eigenvalue weighted by Gasteiger charge is 2.19. The van der Waals surface area contributed by atoms with Crippen molar-refractivity contribution in [1.29, 1.82) is 0 Å². The van der Waals surface area contributed by atoms with Crippen LogP contribution in [0.3, 0.4) is 0 Å². The molecule has 1 atom stereocenters. The van der Waals surface area contributed by atoms with Gasteiger partial charge in [0.25, 0.3) is 0 Å². The summed E-state index contributed by atoms with van der Waals surface area (Å²) >= 11 is 0. The summed E-state index contributed by atoms with van der Waals surface area (Å²) in [5, 5.41) is 6.31. The van der Waals surface area contributed by atoms with Gasteiger partial charge in [0, 0.05) is 18.5 Å². The van der Waals surface area contributed by atoms with Crippen LogP contribution in [0.5, 0.6) is 5.75 Å². The van der Waals surface area contributed by atoms with E-state index >= 15 is 0 Å². The predicted octanol–water partition coefficient (Wildman–Crippen LogP) is 3.86. The number of nitrogens with one attached hydrogen (secondary N) is 2. The van der Waals surface area contributed by atoms with Crippen molar-refractivity contribution < 1.29 is 13.5 Å². The molecule has 0 aliphatic rings. The summed E-state index contributed by atoms with van der Waals surface area (Å²) < 4.78 is 24.6. The molecular formula is C19H28FIN4O2. The van der Waals surface area contributed by atoms with Gasteiger partial charge in [-0.2, -0.15) is 0 Å². The molecule has 6 nitrogen and oxygen atoms in total. The fourth-order valence-corrected chi connectivity index (χ4v) is 2.17. The number of rotatable bonds is 6. The predicted molar refractivity (Wildman–Crippen MR) is 115 cm³/mol. The Kier molecular flexibility index (Phi) is 9.01. The van der Waals surface area contributed by atoms with Crippen molar-refractivity contribution in [2.24, 2.45) is 4.99 Å². The maximum atomic E-state index is 13.2. The molecule has 1 aromatic carbocycles. The third kappa shape index (κ3) is 7.74. The maximum absolute atomic E-state index is 13.2. The molecule has 0 aliphatic carbocycles. The average molecular weight is 490 g/mol. The van der Waals surface area contributed by atoms with Crippen molar-refractivity contribution in [1.82, 2.24) is 15.6 Å². The number of halogens is 2. The summed E-state index contributed by atoms with van der Waals surface area (Å²) in [4.78, 5) is 8.44. The standard InChI is InChI=1S/C19H27FN4O2.HI/c1-13(25-15-8-6-7-14(20)9-15)10-23-18(21-5)24-12-17-22-11-16(26-17)19(2,3)4;/h6-9,11,13H,10,12H2,1-5H3,(H2,21,23,24);1H. The van der Waals surface area contributed by atoms with Gasteiger partial charge in [0.2, 0.25) is 5.89 Å². The van der Waals surface area contributed by atoms with E-state index in [0.717, 1.165) is 5.76 Å². The Morgan fingerprint density at radius 3 is 2.67 bits per heavy atom. The van der Waals surface area contributed by atoms with Crippen molar-refractivity contribution in [3.8, 4) is 5.75 Å². The normalized spacial score (nSPS) is 12.9. The Labute approximate surface area is 177 Å². The lowest BCUT2D eigenvalue weighted by molar-refractivity contribution is 0.223. The van der Waals surface area contributed by atoms with E-state index in [1.807, 2.05) is 6.92 Å². The molecule has 0 saturated heterocycles. The molecule has 0 amide bonds. The first kappa shape index (κ1) is 23.2. The number of ether oxygens (including phenoxy) is 1. The van der Waals surface area contributed by atoms with E-state index in [-0.39, 0.29) is 41.3 Å². The number of aromatic nitrogens is 1. The summed E-state index contributed by atoms with van der Waals surface area (Å²) in [7, 11) is 1.68. The molecule has 0 aliphatic heterocycles. The summed E-state index contributed by atoms with van der Waals surface area (Å²) in [5.41, 5.74) is -0.0745. The van der Waals surface area contributed by atoms with Gasteiger partial charge < -0.3 is 19.8 Å². The number of nitrogens with zero attached hydrogens (tertiary/aromatic N) is 2. The van der Waals surface area contributed by atoms with Crippen molar-refractivity contribution in [2.45, 2.75) is 45.8 Å². The summed E-state index contributed by atoms with van der Waals surface area (Å²) in [6, 6.07) is 6.09. The molecule has 1 heterocycles. The van der Waals surface area contributed by atoms with Crippen LogP contribution in [0, 0.1) is 5.82 Å². The summed E-state index contributed by atoms with van der Waals surface area (Å²) in [5.74, 6) is 2.23. The van der Waals surface area contributed by atoms with E-state index in [0.29, 0.717) is 30.7 Å². The minimum Gasteiger partial charge on any atom is -0.489 e. The van der Waals surface area contributed by atoms with Gasteiger partial charge in [-0.25, -0.2) is 9.37 Å². The molecule has 2 aromatic rings. The molecule has 150 valence electrons. The molecule has 0 saturated carbocycles. The Morgan fingerprint density at radius 1 is 1.33 bits per heavy atom. The molecule has 0 bridgehead atoms. The van der Waals surface area contributed by atoms with Crippen LogP contribution in [0.25, 0.3) is 0 Å². The van der Waals surface area contributed by atoms with Crippen molar-refractivity contribution >= 4 is 29.9 Å². The average Bonchev–Trinajstić information content (AvgIpc) is 3.04. The Bertz CT molecular complexity index is 743. The van der Waals surface area contributed by atoms with Crippen LogP contribution in [0.1, 0.15) is 39.3 Å². The number of hydrogen-bond acceptors (Lipinski definition) is 4. The van der Waals surface area contributed by atoms with E-state index in [9.17, 15) is 4.39 Å². The second-order valence-electron chi connectivity index (χ2n) is 7.06. The lowest BCUT2D eigenvalue weighted by Crippen LogP contribution is -2.41. The molecule has 1 unspecified atom stereocenters. The van der Waals surface area contributed by atoms with Gasteiger partial charge >= 0.3 is 0 Å². The highest BCUT2D eigenvalue weighted by molar-refractivity contribution is 14.0. The zero-order valence-corrected chi connectivity index (χ0v) is 18.7. The molecule has 27 heavy (non-hydrogen) atoms. The molecule has 8 heteroatoms. The Hall–Kier alpha value is -1.84. The molecule has 1 aromatic heterocycles. The third-order valence-electron chi connectivity index (χ3n) is 3.61. The zero-order chi connectivity index (χ0) is 19.2. The number of oxazole rings is 1. The van der Waals surface area contributed by atoms with Gasteiger partial charge in [0.1, 0.15) is 23.4 Å². The van der Waals surface area contributed by atoms with Crippen LogP contribution in [-0.2, 0) is 12.0 Å². The van der Waals surface area contributed by atoms with Gasteiger partial charge in [-0.3, -0.25) is 4.99 Å². The van der Waals surface area contributed by atoms with Crippen molar-refractivity contribution in [2.75, 3.05) is 13.6 Å². The maximum Gasteiger partial charge on any atom is 0.213 e. The van der Waals surface area contributed by atoms with E-state index in [1.165, 1.54) is 12.1 Å². The highest BCUT2D eigenvalue weighted by atomic mass is 127. The summed E-state index contributed by atoms with van der Waals surface area (Å²) in [6.07, 6.45) is 1.59.